The molecule has 6 heteroatoms. The Kier molecular flexibility index (Phi) is 12.1. The van der Waals surface area contributed by atoms with E-state index in [0.29, 0.717) is 18.0 Å². The Morgan fingerprint density at radius 1 is 1.07 bits per heavy atom. The molecule has 1 aromatic carbocycles. The van der Waals surface area contributed by atoms with Crippen LogP contribution >= 0.6 is 12.4 Å². The van der Waals surface area contributed by atoms with Gasteiger partial charge in [-0.2, -0.15) is 0 Å². The lowest BCUT2D eigenvalue weighted by atomic mass is 9.84. The van der Waals surface area contributed by atoms with E-state index >= 15 is 0 Å². The number of likely N-dealkylation sites (N-methyl/N-ethyl adjacent to an activating group) is 1. The van der Waals surface area contributed by atoms with E-state index in [-0.39, 0.29) is 24.1 Å². The third-order valence-corrected chi connectivity index (χ3v) is 5.31. The second-order valence-corrected chi connectivity index (χ2v) is 8.25. The zero-order valence-corrected chi connectivity index (χ0v) is 19.2. The summed E-state index contributed by atoms with van der Waals surface area (Å²) in [5, 5.41) is 2.91. The second-order valence-electron chi connectivity index (χ2n) is 8.25. The van der Waals surface area contributed by atoms with Crippen LogP contribution in [-0.2, 0) is 4.74 Å². The summed E-state index contributed by atoms with van der Waals surface area (Å²) in [5.41, 5.74) is 0.290. The van der Waals surface area contributed by atoms with Crippen molar-refractivity contribution in [2.24, 2.45) is 0 Å². The van der Waals surface area contributed by atoms with E-state index in [1.165, 1.54) is 32.1 Å². The van der Waals surface area contributed by atoms with Crippen molar-refractivity contribution in [1.82, 2.24) is 4.90 Å². The molecule has 0 atom stereocenters. The summed E-state index contributed by atoms with van der Waals surface area (Å²) in [4.78, 5) is 14.8. The molecule has 0 heterocycles. The Hall–Kier alpha value is -1.46. The Morgan fingerprint density at radius 2 is 1.76 bits per heavy atom. The number of rotatable bonds is 11. The molecule has 2 rings (SSSR count). The number of carbonyl (C=O) groups is 1. The molecule has 166 valence electrons. The number of unbranched alkanes of at least 4 members (excludes halogenated alkanes) is 4. The van der Waals surface area contributed by atoms with Gasteiger partial charge in [-0.3, -0.25) is 5.32 Å². The van der Waals surface area contributed by atoms with Gasteiger partial charge in [0, 0.05) is 6.54 Å². The number of hydrogen-bond acceptors (Lipinski definition) is 4. The largest absolute Gasteiger partial charge is 0.491 e. The number of amides is 1. The van der Waals surface area contributed by atoms with Crippen molar-refractivity contribution < 1.29 is 14.3 Å². The maximum absolute atomic E-state index is 12.7. The Labute approximate surface area is 182 Å². The van der Waals surface area contributed by atoms with Crippen molar-refractivity contribution in [3.63, 3.8) is 0 Å². The molecule has 0 saturated heterocycles. The monoisotopic (exact) mass is 426 g/mol. The number of nitrogens with zero attached hydrogens (tertiary/aromatic N) is 1. The van der Waals surface area contributed by atoms with E-state index < -0.39 is 0 Å². The number of nitrogens with one attached hydrogen (secondary N) is 1. The molecular weight excluding hydrogens is 388 g/mol. The Bertz CT molecular complexity index is 589. The van der Waals surface area contributed by atoms with E-state index in [0.717, 1.165) is 38.6 Å². The van der Waals surface area contributed by atoms with Gasteiger partial charge in [-0.1, -0.05) is 51.2 Å². The van der Waals surface area contributed by atoms with Crippen LogP contribution in [0.15, 0.2) is 24.3 Å². The van der Waals surface area contributed by atoms with Gasteiger partial charge in [0.15, 0.2) is 0 Å². The molecule has 0 aliphatic heterocycles. The molecule has 1 saturated carbocycles. The van der Waals surface area contributed by atoms with Crippen molar-refractivity contribution in [3.05, 3.63) is 24.3 Å². The summed E-state index contributed by atoms with van der Waals surface area (Å²) >= 11 is 0. The van der Waals surface area contributed by atoms with Crippen LogP contribution in [0.3, 0.4) is 0 Å². The van der Waals surface area contributed by atoms with Crippen molar-refractivity contribution in [3.8, 4) is 5.75 Å². The van der Waals surface area contributed by atoms with Gasteiger partial charge in [0.25, 0.3) is 0 Å². The van der Waals surface area contributed by atoms with Crippen molar-refractivity contribution >= 4 is 24.2 Å². The van der Waals surface area contributed by atoms with Gasteiger partial charge >= 0.3 is 6.09 Å². The van der Waals surface area contributed by atoms with Gasteiger partial charge in [0.2, 0.25) is 0 Å². The molecule has 0 bridgehead atoms. The number of para-hydroxylation sites is 2. The highest BCUT2D eigenvalue weighted by Gasteiger charge is 2.36. The molecular formula is C23H39ClN2O3. The summed E-state index contributed by atoms with van der Waals surface area (Å²) in [6.07, 6.45) is 10.9. The Balaban J connectivity index is 0.00000420. The van der Waals surface area contributed by atoms with Gasteiger partial charge in [-0.15, -0.1) is 12.4 Å². The molecule has 1 N–H and O–H groups in total. The number of benzene rings is 1. The third kappa shape index (κ3) is 9.26. The maximum atomic E-state index is 12.7. The highest BCUT2D eigenvalue weighted by molar-refractivity contribution is 5.87. The molecule has 0 aromatic heterocycles. The van der Waals surface area contributed by atoms with Crippen LogP contribution in [0.5, 0.6) is 5.75 Å². The van der Waals surface area contributed by atoms with Crippen LogP contribution in [0, 0.1) is 0 Å². The van der Waals surface area contributed by atoms with Gasteiger partial charge in [0.05, 0.1) is 12.3 Å². The molecule has 5 nitrogen and oxygen atoms in total. The second kappa shape index (κ2) is 13.7. The average molecular weight is 427 g/mol. The standard InChI is InChI=1S/C23H38N2O3.ClH/c1-4-5-6-7-13-18-27-21-15-10-9-14-20(21)24-22(26)28-23(19-25(2)3)16-11-8-12-17-23;/h9-10,14-15H,4-8,11-13,16-19H2,1-3H3,(H,24,26);1H. The van der Waals surface area contributed by atoms with E-state index in [1.807, 2.05) is 38.4 Å². The van der Waals surface area contributed by atoms with Crippen molar-refractivity contribution in [1.29, 1.82) is 0 Å². The van der Waals surface area contributed by atoms with Crippen LogP contribution in [0.25, 0.3) is 0 Å². The summed E-state index contributed by atoms with van der Waals surface area (Å²) in [7, 11) is 4.06. The first kappa shape index (κ1) is 25.6. The molecule has 1 aromatic rings. The van der Waals surface area contributed by atoms with Crippen molar-refractivity contribution in [2.45, 2.75) is 76.7 Å². The lowest BCUT2D eigenvalue weighted by Crippen LogP contribution is -2.46. The number of anilines is 1. The number of ether oxygens (including phenoxy) is 2. The quantitative estimate of drug-likeness (QED) is 0.423. The van der Waals surface area contributed by atoms with Crippen LogP contribution in [-0.4, -0.2) is 43.8 Å². The summed E-state index contributed by atoms with van der Waals surface area (Å²) in [6, 6.07) is 7.60. The predicted molar refractivity (Wildman–Crippen MR) is 122 cm³/mol. The third-order valence-electron chi connectivity index (χ3n) is 5.31. The fourth-order valence-corrected chi connectivity index (χ4v) is 3.98. The van der Waals surface area contributed by atoms with Crippen LogP contribution in [0.1, 0.15) is 71.1 Å². The fraction of sp³-hybridized carbons (Fsp3) is 0.696. The minimum atomic E-state index is -0.388. The van der Waals surface area contributed by atoms with Gasteiger partial charge in [-0.25, -0.2) is 4.79 Å². The summed E-state index contributed by atoms with van der Waals surface area (Å²) in [6.45, 7) is 3.64. The first-order valence-corrected chi connectivity index (χ1v) is 10.9. The molecule has 29 heavy (non-hydrogen) atoms. The lowest BCUT2D eigenvalue weighted by molar-refractivity contribution is -0.0261. The molecule has 1 aliphatic carbocycles. The zero-order valence-electron chi connectivity index (χ0n) is 18.4. The van der Waals surface area contributed by atoms with E-state index in [1.54, 1.807) is 0 Å². The van der Waals surface area contributed by atoms with Gasteiger partial charge in [-0.05, 0) is 58.3 Å². The lowest BCUT2D eigenvalue weighted by Gasteiger charge is -2.38. The fourth-order valence-electron chi connectivity index (χ4n) is 3.98. The van der Waals surface area contributed by atoms with E-state index in [9.17, 15) is 4.79 Å². The first-order chi connectivity index (χ1) is 13.5. The number of hydrogen-bond donors (Lipinski definition) is 1. The minimum Gasteiger partial charge on any atom is -0.491 e. The average Bonchev–Trinajstić information content (AvgIpc) is 2.65. The van der Waals surface area contributed by atoms with Crippen LogP contribution in [0.2, 0.25) is 0 Å². The topological polar surface area (TPSA) is 50.8 Å². The minimum absolute atomic E-state index is 0. The highest BCUT2D eigenvalue weighted by atomic mass is 35.5. The predicted octanol–water partition coefficient (Wildman–Crippen LogP) is 6.27. The maximum Gasteiger partial charge on any atom is 0.412 e. The molecule has 1 aliphatic rings. The normalized spacial score (nSPS) is 15.4. The Morgan fingerprint density at radius 3 is 2.45 bits per heavy atom. The smallest absolute Gasteiger partial charge is 0.412 e. The molecule has 1 fully saturated rings. The molecule has 0 radical (unpaired) electrons. The zero-order chi connectivity index (χ0) is 20.2. The van der Waals surface area contributed by atoms with Gasteiger partial charge < -0.3 is 14.4 Å². The van der Waals surface area contributed by atoms with Gasteiger partial charge in [0.1, 0.15) is 11.4 Å². The molecule has 1 amide bonds. The molecule has 0 spiro atoms. The molecule has 0 unspecified atom stereocenters. The van der Waals surface area contributed by atoms with Crippen molar-refractivity contribution in [2.75, 3.05) is 32.6 Å². The van der Waals surface area contributed by atoms with Crippen LogP contribution < -0.4 is 10.1 Å². The SMILES string of the molecule is CCCCCCCOc1ccccc1NC(=O)OC1(CN(C)C)CCCCC1.Cl. The summed E-state index contributed by atoms with van der Waals surface area (Å²) < 4.78 is 11.9. The first-order valence-electron chi connectivity index (χ1n) is 10.9. The van der Waals surface area contributed by atoms with Crippen LogP contribution in [0.4, 0.5) is 10.5 Å². The number of carbonyl (C=O) groups excluding carboxylic acids is 1. The van der Waals surface area contributed by atoms with E-state index in [4.69, 9.17) is 9.47 Å². The summed E-state index contributed by atoms with van der Waals surface area (Å²) in [5.74, 6) is 0.709. The highest BCUT2D eigenvalue weighted by Crippen LogP contribution is 2.33. The number of halogens is 1. The van der Waals surface area contributed by atoms with E-state index in [2.05, 4.69) is 17.1 Å².